The molecule has 0 aromatic rings. The number of halogens is 2. The van der Waals surface area contributed by atoms with Gasteiger partial charge in [0.15, 0.2) is 0 Å². The summed E-state index contributed by atoms with van der Waals surface area (Å²) in [6.45, 7) is 1.55. The fourth-order valence-electron chi connectivity index (χ4n) is 0.706. The number of ketones is 1. The van der Waals surface area contributed by atoms with Gasteiger partial charge in [-0.25, -0.2) is 0 Å². The Bertz CT molecular complexity index is 89.6. The second-order valence-corrected chi connectivity index (χ2v) is 1.89. The molecule has 0 radical (unpaired) electrons. The van der Waals surface area contributed by atoms with Crippen molar-refractivity contribution in [2.45, 2.75) is 12.8 Å². The Morgan fingerprint density at radius 2 is 1.40 bits per heavy atom. The molecule has 0 aromatic heterocycles. The molecule has 0 aromatic carbocycles. The molecule has 62 valence electrons. The minimum atomic E-state index is 0. The summed E-state index contributed by atoms with van der Waals surface area (Å²) >= 11 is 0. The molecular formula is C5H12Cl2N2O. The minimum Gasteiger partial charge on any atom is -0.300 e. The molecule has 2 N–H and O–H groups in total. The van der Waals surface area contributed by atoms with Gasteiger partial charge in [-0.15, -0.1) is 24.8 Å². The molecule has 1 aliphatic rings. The number of hydrogen-bond acceptors (Lipinski definition) is 3. The van der Waals surface area contributed by atoms with E-state index < -0.39 is 0 Å². The zero-order valence-corrected chi connectivity index (χ0v) is 7.19. The summed E-state index contributed by atoms with van der Waals surface area (Å²) < 4.78 is 0. The Hall–Kier alpha value is 0.170. The van der Waals surface area contributed by atoms with Crippen molar-refractivity contribution in [3.8, 4) is 0 Å². The summed E-state index contributed by atoms with van der Waals surface area (Å²) in [4.78, 5) is 10.6. The fourth-order valence-corrected chi connectivity index (χ4v) is 0.706. The van der Waals surface area contributed by atoms with E-state index in [-0.39, 0.29) is 24.8 Å². The van der Waals surface area contributed by atoms with Crippen LogP contribution in [0.15, 0.2) is 0 Å². The lowest BCUT2D eigenvalue weighted by Gasteiger charge is -1.94. The van der Waals surface area contributed by atoms with E-state index in [0.29, 0.717) is 18.6 Å². The van der Waals surface area contributed by atoms with Crippen molar-refractivity contribution in [2.75, 3.05) is 13.1 Å². The topological polar surface area (TPSA) is 41.1 Å². The summed E-state index contributed by atoms with van der Waals surface area (Å²) in [5.41, 5.74) is 5.81. The Morgan fingerprint density at radius 1 is 1.00 bits per heavy atom. The third-order valence-electron chi connectivity index (χ3n) is 1.18. The van der Waals surface area contributed by atoms with Gasteiger partial charge in [0.05, 0.1) is 0 Å². The SMILES string of the molecule is Cl.Cl.O=C1CCNNCC1. The Kier molecular flexibility index (Phi) is 9.33. The van der Waals surface area contributed by atoms with Crippen LogP contribution in [-0.2, 0) is 4.79 Å². The van der Waals surface area contributed by atoms with Crippen LogP contribution in [0.3, 0.4) is 0 Å². The van der Waals surface area contributed by atoms with E-state index in [1.165, 1.54) is 0 Å². The van der Waals surface area contributed by atoms with Crippen molar-refractivity contribution in [1.29, 1.82) is 0 Å². The number of Topliss-reactive ketones (excluding diaryl/α,β-unsaturated/α-hetero) is 1. The molecule has 1 saturated heterocycles. The van der Waals surface area contributed by atoms with Crippen LogP contribution in [0.5, 0.6) is 0 Å². The van der Waals surface area contributed by atoms with Crippen LogP contribution in [-0.4, -0.2) is 18.9 Å². The highest BCUT2D eigenvalue weighted by atomic mass is 35.5. The van der Waals surface area contributed by atoms with Crippen LogP contribution in [0.4, 0.5) is 0 Å². The zero-order valence-electron chi connectivity index (χ0n) is 5.55. The number of hydrazine groups is 1. The predicted octanol–water partition coefficient (Wildman–Crippen LogP) is 0.287. The monoisotopic (exact) mass is 186 g/mol. The average molecular weight is 187 g/mol. The summed E-state index contributed by atoms with van der Waals surface area (Å²) in [5, 5.41) is 0. The van der Waals surface area contributed by atoms with E-state index in [4.69, 9.17) is 0 Å². The van der Waals surface area contributed by atoms with E-state index in [1.807, 2.05) is 0 Å². The van der Waals surface area contributed by atoms with Gasteiger partial charge in [-0.3, -0.25) is 15.6 Å². The van der Waals surface area contributed by atoms with Gasteiger partial charge < -0.3 is 0 Å². The molecule has 0 amide bonds. The molecule has 1 heterocycles. The molecule has 0 bridgehead atoms. The van der Waals surface area contributed by atoms with Crippen molar-refractivity contribution in [1.82, 2.24) is 10.9 Å². The van der Waals surface area contributed by atoms with E-state index in [1.54, 1.807) is 0 Å². The van der Waals surface area contributed by atoms with E-state index in [9.17, 15) is 4.79 Å². The van der Waals surface area contributed by atoms with Crippen LogP contribution in [0.1, 0.15) is 12.8 Å². The maximum atomic E-state index is 10.6. The first-order valence-electron chi connectivity index (χ1n) is 2.87. The Balaban J connectivity index is 0. The standard InChI is InChI=1S/C5H10N2O.2ClH/c8-5-1-3-6-7-4-2-5;;/h6-7H,1-4H2;2*1H. The first-order valence-corrected chi connectivity index (χ1v) is 2.87. The van der Waals surface area contributed by atoms with Gasteiger partial charge in [-0.2, -0.15) is 0 Å². The molecule has 0 aliphatic carbocycles. The van der Waals surface area contributed by atoms with Crippen LogP contribution in [0.2, 0.25) is 0 Å². The molecule has 1 rings (SSSR count). The highest BCUT2D eigenvalue weighted by Gasteiger charge is 2.03. The lowest BCUT2D eigenvalue weighted by molar-refractivity contribution is -0.118. The molecule has 0 saturated carbocycles. The third kappa shape index (κ3) is 4.99. The molecule has 0 atom stereocenters. The second kappa shape index (κ2) is 7.28. The number of hydrogen-bond donors (Lipinski definition) is 2. The third-order valence-corrected chi connectivity index (χ3v) is 1.18. The summed E-state index contributed by atoms with van der Waals surface area (Å²) in [6.07, 6.45) is 1.35. The quantitative estimate of drug-likeness (QED) is 0.572. The van der Waals surface area contributed by atoms with Gasteiger partial charge >= 0.3 is 0 Å². The van der Waals surface area contributed by atoms with Gasteiger partial charge in [-0.05, 0) is 0 Å². The molecule has 0 unspecified atom stereocenters. The lowest BCUT2D eigenvalue weighted by atomic mass is 10.2. The molecule has 10 heavy (non-hydrogen) atoms. The van der Waals surface area contributed by atoms with Gasteiger partial charge in [-0.1, -0.05) is 0 Å². The normalized spacial score (nSPS) is 18.2. The van der Waals surface area contributed by atoms with Crippen LogP contribution < -0.4 is 10.9 Å². The molecule has 3 nitrogen and oxygen atoms in total. The summed E-state index contributed by atoms with van der Waals surface area (Å²) in [6, 6.07) is 0. The van der Waals surface area contributed by atoms with Gasteiger partial charge in [0.1, 0.15) is 5.78 Å². The largest absolute Gasteiger partial charge is 0.300 e. The molecule has 1 fully saturated rings. The molecular weight excluding hydrogens is 175 g/mol. The van der Waals surface area contributed by atoms with E-state index >= 15 is 0 Å². The van der Waals surface area contributed by atoms with Crippen molar-refractivity contribution < 1.29 is 4.79 Å². The average Bonchev–Trinajstić information content (AvgIpc) is 1.94. The number of rotatable bonds is 0. The maximum absolute atomic E-state index is 10.6. The van der Waals surface area contributed by atoms with Crippen LogP contribution >= 0.6 is 24.8 Å². The zero-order chi connectivity index (χ0) is 5.82. The minimum absolute atomic E-state index is 0. The molecule has 0 spiro atoms. The number of carbonyl (C=O) groups is 1. The fraction of sp³-hybridized carbons (Fsp3) is 0.800. The highest BCUT2D eigenvalue weighted by Crippen LogP contribution is 1.88. The number of carbonyl (C=O) groups excluding carboxylic acids is 1. The predicted molar refractivity (Wildman–Crippen MR) is 44.7 cm³/mol. The van der Waals surface area contributed by atoms with Crippen LogP contribution in [0, 0.1) is 0 Å². The number of nitrogens with one attached hydrogen (secondary N) is 2. The lowest BCUT2D eigenvalue weighted by Crippen LogP contribution is -2.30. The van der Waals surface area contributed by atoms with E-state index in [2.05, 4.69) is 10.9 Å². The van der Waals surface area contributed by atoms with Crippen molar-refractivity contribution in [3.63, 3.8) is 0 Å². The summed E-state index contributed by atoms with van der Waals surface area (Å²) in [7, 11) is 0. The van der Waals surface area contributed by atoms with Crippen LogP contribution in [0.25, 0.3) is 0 Å². The van der Waals surface area contributed by atoms with Crippen molar-refractivity contribution in [3.05, 3.63) is 0 Å². The molecule has 1 aliphatic heterocycles. The van der Waals surface area contributed by atoms with Crippen molar-refractivity contribution >= 4 is 30.6 Å². The van der Waals surface area contributed by atoms with Gasteiger partial charge in [0.2, 0.25) is 0 Å². The highest BCUT2D eigenvalue weighted by molar-refractivity contribution is 5.85. The Labute approximate surface area is 72.7 Å². The summed E-state index contributed by atoms with van der Waals surface area (Å²) in [5.74, 6) is 0.350. The van der Waals surface area contributed by atoms with Gasteiger partial charge in [0.25, 0.3) is 0 Å². The van der Waals surface area contributed by atoms with Crippen molar-refractivity contribution in [2.24, 2.45) is 0 Å². The maximum Gasteiger partial charge on any atom is 0.135 e. The second-order valence-electron chi connectivity index (χ2n) is 1.89. The first kappa shape index (κ1) is 12.8. The first-order chi connectivity index (χ1) is 3.89. The smallest absolute Gasteiger partial charge is 0.135 e. The van der Waals surface area contributed by atoms with E-state index in [0.717, 1.165) is 13.1 Å². The van der Waals surface area contributed by atoms with Gasteiger partial charge in [0, 0.05) is 25.9 Å². The Morgan fingerprint density at radius 3 is 1.80 bits per heavy atom. The molecule has 5 heteroatoms.